The SMILES string of the molecule is C[C@H]1CN2C[C@H](NC(=O)[C@H]3CC[C@H](c4ccccc4)N3)C[C@H]2CO1. The Kier molecular flexibility index (Phi) is 4.57. The summed E-state index contributed by atoms with van der Waals surface area (Å²) in [5.41, 5.74) is 1.27. The Balaban J connectivity index is 1.30. The van der Waals surface area contributed by atoms with Crippen molar-refractivity contribution in [1.29, 1.82) is 0 Å². The maximum absolute atomic E-state index is 12.6. The van der Waals surface area contributed by atoms with Crippen molar-refractivity contribution in [3.63, 3.8) is 0 Å². The maximum atomic E-state index is 12.6. The molecule has 3 aliphatic heterocycles. The molecule has 1 aromatic carbocycles. The number of hydrogen-bond acceptors (Lipinski definition) is 4. The normalized spacial score (nSPS) is 36.5. The standard InChI is InChI=1S/C19H27N3O2/c1-13-10-22-11-15(9-16(22)12-24-13)20-19(23)18-8-7-17(21-18)14-5-3-2-4-6-14/h2-6,13,15-18,21H,7-12H2,1H3,(H,20,23)/t13-,15+,16-,17+,18+/m0/s1. The lowest BCUT2D eigenvalue weighted by Gasteiger charge is -2.33. The maximum Gasteiger partial charge on any atom is 0.237 e. The first-order valence-electron chi connectivity index (χ1n) is 9.16. The lowest BCUT2D eigenvalue weighted by molar-refractivity contribution is -0.123. The van der Waals surface area contributed by atoms with E-state index in [0.29, 0.717) is 18.2 Å². The van der Waals surface area contributed by atoms with Crippen LogP contribution in [0.5, 0.6) is 0 Å². The van der Waals surface area contributed by atoms with Crippen molar-refractivity contribution in [1.82, 2.24) is 15.5 Å². The first-order valence-corrected chi connectivity index (χ1v) is 9.16. The molecule has 4 rings (SSSR count). The van der Waals surface area contributed by atoms with Crippen LogP contribution in [0.2, 0.25) is 0 Å². The van der Waals surface area contributed by atoms with Gasteiger partial charge in [-0.2, -0.15) is 0 Å². The van der Waals surface area contributed by atoms with Crippen molar-refractivity contribution < 1.29 is 9.53 Å². The van der Waals surface area contributed by atoms with Gasteiger partial charge in [-0.3, -0.25) is 15.0 Å². The summed E-state index contributed by atoms with van der Waals surface area (Å²) in [6, 6.07) is 11.4. The second-order valence-corrected chi connectivity index (χ2v) is 7.45. The van der Waals surface area contributed by atoms with E-state index in [2.05, 4.69) is 46.7 Å². The van der Waals surface area contributed by atoms with E-state index in [1.807, 2.05) is 6.07 Å². The highest BCUT2D eigenvalue weighted by atomic mass is 16.5. The fraction of sp³-hybridized carbons (Fsp3) is 0.632. The number of nitrogens with zero attached hydrogens (tertiary/aromatic N) is 1. The van der Waals surface area contributed by atoms with Crippen LogP contribution < -0.4 is 10.6 Å². The number of rotatable bonds is 3. The summed E-state index contributed by atoms with van der Waals surface area (Å²) >= 11 is 0. The van der Waals surface area contributed by atoms with E-state index in [9.17, 15) is 4.79 Å². The minimum atomic E-state index is -0.0667. The number of hydrogen-bond donors (Lipinski definition) is 2. The van der Waals surface area contributed by atoms with Gasteiger partial charge in [0.25, 0.3) is 0 Å². The van der Waals surface area contributed by atoms with Gasteiger partial charge in [-0.05, 0) is 31.7 Å². The molecule has 0 bridgehead atoms. The molecule has 3 fully saturated rings. The van der Waals surface area contributed by atoms with E-state index in [-0.39, 0.29) is 18.0 Å². The summed E-state index contributed by atoms with van der Waals surface area (Å²) in [7, 11) is 0. The molecule has 0 aromatic heterocycles. The van der Waals surface area contributed by atoms with Crippen molar-refractivity contribution >= 4 is 5.91 Å². The number of carbonyl (C=O) groups excluding carboxylic acids is 1. The summed E-state index contributed by atoms with van der Waals surface area (Å²) in [6.07, 6.45) is 3.24. The van der Waals surface area contributed by atoms with E-state index < -0.39 is 0 Å². The molecular formula is C19H27N3O2. The largest absolute Gasteiger partial charge is 0.376 e. The van der Waals surface area contributed by atoms with E-state index in [4.69, 9.17) is 4.74 Å². The van der Waals surface area contributed by atoms with Crippen LogP contribution in [0.15, 0.2) is 30.3 Å². The third-order valence-corrected chi connectivity index (χ3v) is 5.60. The van der Waals surface area contributed by atoms with Crippen LogP contribution >= 0.6 is 0 Å². The molecule has 5 nitrogen and oxygen atoms in total. The van der Waals surface area contributed by atoms with Gasteiger partial charge >= 0.3 is 0 Å². The molecule has 3 saturated heterocycles. The predicted molar refractivity (Wildman–Crippen MR) is 92.7 cm³/mol. The number of morpholine rings is 1. The number of benzene rings is 1. The highest BCUT2D eigenvalue weighted by Crippen LogP contribution is 2.27. The zero-order valence-electron chi connectivity index (χ0n) is 14.3. The molecule has 0 spiro atoms. The minimum Gasteiger partial charge on any atom is -0.376 e. The Morgan fingerprint density at radius 2 is 2.08 bits per heavy atom. The van der Waals surface area contributed by atoms with Gasteiger partial charge in [0.1, 0.15) is 0 Å². The van der Waals surface area contributed by atoms with Crippen molar-refractivity contribution in [3.8, 4) is 0 Å². The van der Waals surface area contributed by atoms with Crippen molar-refractivity contribution in [2.45, 2.75) is 56.5 Å². The zero-order chi connectivity index (χ0) is 16.5. The number of carbonyl (C=O) groups is 1. The van der Waals surface area contributed by atoms with E-state index in [0.717, 1.165) is 39.0 Å². The van der Waals surface area contributed by atoms with Gasteiger partial charge in [0.05, 0.1) is 18.8 Å². The molecule has 3 aliphatic rings. The number of ether oxygens (including phenoxy) is 1. The molecule has 0 unspecified atom stereocenters. The predicted octanol–water partition coefficient (Wildman–Crippen LogP) is 1.46. The monoisotopic (exact) mass is 329 g/mol. The molecule has 130 valence electrons. The fourth-order valence-corrected chi connectivity index (χ4v) is 4.34. The molecule has 2 N–H and O–H groups in total. The summed E-state index contributed by atoms with van der Waals surface area (Å²) < 4.78 is 5.74. The molecule has 5 atom stereocenters. The first-order chi connectivity index (χ1) is 11.7. The molecule has 1 amide bonds. The molecule has 3 heterocycles. The molecule has 0 radical (unpaired) electrons. The summed E-state index contributed by atoms with van der Waals surface area (Å²) in [4.78, 5) is 15.1. The molecule has 5 heteroatoms. The Morgan fingerprint density at radius 3 is 2.92 bits per heavy atom. The Hall–Kier alpha value is -1.43. The van der Waals surface area contributed by atoms with Crippen LogP contribution in [0.4, 0.5) is 0 Å². The smallest absolute Gasteiger partial charge is 0.237 e. The van der Waals surface area contributed by atoms with Gasteiger partial charge in [-0.25, -0.2) is 0 Å². The van der Waals surface area contributed by atoms with Crippen molar-refractivity contribution in [2.24, 2.45) is 0 Å². The minimum absolute atomic E-state index is 0.0667. The second-order valence-electron chi connectivity index (χ2n) is 7.45. The Labute approximate surface area is 143 Å². The topological polar surface area (TPSA) is 53.6 Å². The number of nitrogens with one attached hydrogen (secondary N) is 2. The lowest BCUT2D eigenvalue weighted by Crippen LogP contribution is -2.47. The molecular weight excluding hydrogens is 302 g/mol. The summed E-state index contributed by atoms with van der Waals surface area (Å²) in [6.45, 7) is 4.85. The zero-order valence-corrected chi connectivity index (χ0v) is 14.3. The van der Waals surface area contributed by atoms with Gasteiger partial charge < -0.3 is 10.1 Å². The average molecular weight is 329 g/mol. The number of fused-ring (bicyclic) bond motifs is 1. The summed E-state index contributed by atoms with van der Waals surface area (Å²) in [5, 5.41) is 6.77. The third kappa shape index (κ3) is 3.34. The summed E-state index contributed by atoms with van der Waals surface area (Å²) in [5.74, 6) is 0.159. The van der Waals surface area contributed by atoms with Gasteiger partial charge in [-0.1, -0.05) is 30.3 Å². The Morgan fingerprint density at radius 1 is 1.25 bits per heavy atom. The average Bonchev–Trinajstić information content (AvgIpc) is 3.22. The van der Waals surface area contributed by atoms with Crippen molar-refractivity contribution in [3.05, 3.63) is 35.9 Å². The third-order valence-electron chi connectivity index (χ3n) is 5.60. The highest BCUT2D eigenvalue weighted by molar-refractivity contribution is 5.82. The quantitative estimate of drug-likeness (QED) is 0.881. The lowest BCUT2D eigenvalue weighted by atomic mass is 10.1. The van der Waals surface area contributed by atoms with Crippen LogP contribution in [-0.4, -0.2) is 54.7 Å². The molecule has 24 heavy (non-hydrogen) atoms. The van der Waals surface area contributed by atoms with Crippen molar-refractivity contribution in [2.75, 3.05) is 19.7 Å². The molecule has 0 aliphatic carbocycles. The fourth-order valence-electron chi connectivity index (χ4n) is 4.34. The van der Waals surface area contributed by atoms with Gasteiger partial charge in [-0.15, -0.1) is 0 Å². The van der Waals surface area contributed by atoms with Crippen LogP contribution in [0.1, 0.15) is 37.8 Å². The van der Waals surface area contributed by atoms with Crippen LogP contribution in [0.25, 0.3) is 0 Å². The van der Waals surface area contributed by atoms with E-state index in [1.165, 1.54) is 5.56 Å². The first kappa shape index (κ1) is 16.1. The number of amides is 1. The van der Waals surface area contributed by atoms with Gasteiger partial charge in [0.2, 0.25) is 5.91 Å². The van der Waals surface area contributed by atoms with Gasteiger partial charge in [0, 0.05) is 31.2 Å². The van der Waals surface area contributed by atoms with E-state index >= 15 is 0 Å². The van der Waals surface area contributed by atoms with Crippen LogP contribution in [0.3, 0.4) is 0 Å². The Bertz CT molecular complexity index is 579. The molecule has 1 aromatic rings. The second kappa shape index (κ2) is 6.82. The molecule has 0 saturated carbocycles. The van der Waals surface area contributed by atoms with Crippen LogP contribution in [-0.2, 0) is 9.53 Å². The van der Waals surface area contributed by atoms with Gasteiger partial charge in [0.15, 0.2) is 0 Å². The van der Waals surface area contributed by atoms with E-state index in [1.54, 1.807) is 0 Å². The highest BCUT2D eigenvalue weighted by Gasteiger charge is 2.38. The van der Waals surface area contributed by atoms with Crippen LogP contribution in [0, 0.1) is 0 Å².